The van der Waals surface area contributed by atoms with E-state index >= 15 is 0 Å². The van der Waals surface area contributed by atoms with Gasteiger partial charge in [-0.15, -0.1) is 0 Å². The van der Waals surface area contributed by atoms with E-state index in [-0.39, 0.29) is 17.5 Å². The number of nitrogens with one attached hydrogen (secondary N) is 1. The van der Waals surface area contributed by atoms with Crippen LogP contribution in [-0.2, 0) is 6.54 Å². The van der Waals surface area contributed by atoms with Crippen molar-refractivity contribution in [1.82, 2.24) is 20.2 Å². The maximum absolute atomic E-state index is 12.2. The molecule has 1 aromatic heterocycles. The summed E-state index contributed by atoms with van der Waals surface area (Å²) in [5, 5.41) is 2.78. The van der Waals surface area contributed by atoms with Crippen LogP contribution in [0.5, 0.6) is 11.6 Å². The van der Waals surface area contributed by atoms with Crippen LogP contribution in [0.2, 0.25) is 0 Å². The number of carbonyl (C=O) groups excluding carboxylic acids is 2. The van der Waals surface area contributed by atoms with Crippen molar-refractivity contribution in [2.24, 2.45) is 0 Å². The van der Waals surface area contributed by atoms with E-state index in [0.29, 0.717) is 23.7 Å². The molecule has 0 aliphatic carbocycles. The van der Waals surface area contributed by atoms with Crippen molar-refractivity contribution in [3.63, 3.8) is 0 Å². The molecule has 2 amide bonds. The van der Waals surface area contributed by atoms with Gasteiger partial charge in [-0.05, 0) is 29.8 Å². The number of ether oxygens (including phenoxy) is 1. The first-order valence-corrected chi connectivity index (χ1v) is 8.66. The second kappa shape index (κ2) is 8.77. The summed E-state index contributed by atoms with van der Waals surface area (Å²) in [5.41, 5.74) is 1.67. The van der Waals surface area contributed by atoms with Gasteiger partial charge < -0.3 is 15.0 Å². The lowest BCUT2D eigenvalue weighted by Crippen LogP contribution is -2.24. The highest BCUT2D eigenvalue weighted by molar-refractivity contribution is 5.94. The molecule has 0 atom stereocenters. The smallest absolute Gasteiger partial charge is 0.271 e. The van der Waals surface area contributed by atoms with Crippen molar-refractivity contribution in [3.05, 3.63) is 83.8 Å². The molecule has 2 aromatic carbocycles. The zero-order valence-corrected chi connectivity index (χ0v) is 15.6. The normalized spacial score (nSPS) is 10.2. The molecular formula is C21H20N4O3. The maximum atomic E-state index is 12.2. The topological polar surface area (TPSA) is 84.4 Å². The number of aromatic nitrogens is 2. The van der Waals surface area contributed by atoms with Crippen molar-refractivity contribution < 1.29 is 14.3 Å². The number of carbonyl (C=O) groups is 2. The highest BCUT2D eigenvalue weighted by atomic mass is 16.5. The van der Waals surface area contributed by atoms with Crippen molar-refractivity contribution in [1.29, 1.82) is 0 Å². The first-order valence-electron chi connectivity index (χ1n) is 8.66. The van der Waals surface area contributed by atoms with E-state index in [1.165, 1.54) is 17.3 Å². The molecule has 1 N–H and O–H groups in total. The number of benzene rings is 2. The van der Waals surface area contributed by atoms with Gasteiger partial charge in [0.15, 0.2) is 0 Å². The van der Waals surface area contributed by atoms with E-state index in [0.717, 1.165) is 5.56 Å². The minimum atomic E-state index is -0.341. The largest absolute Gasteiger partial charge is 0.438 e. The first kappa shape index (κ1) is 19.0. The van der Waals surface area contributed by atoms with Crippen LogP contribution in [0.1, 0.15) is 26.4 Å². The van der Waals surface area contributed by atoms with Crippen LogP contribution in [0.15, 0.2) is 67.0 Å². The Balaban J connectivity index is 1.55. The Morgan fingerprint density at radius 1 is 0.964 bits per heavy atom. The summed E-state index contributed by atoms with van der Waals surface area (Å²) in [6.07, 6.45) is 2.77. The first-order chi connectivity index (χ1) is 13.5. The Morgan fingerprint density at radius 2 is 1.68 bits per heavy atom. The summed E-state index contributed by atoms with van der Waals surface area (Å²) in [7, 11) is 3.40. The average Bonchev–Trinajstić information content (AvgIpc) is 2.73. The Labute approximate surface area is 163 Å². The molecule has 3 rings (SSSR count). The number of amides is 2. The molecule has 0 fully saturated rings. The second-order valence-electron chi connectivity index (χ2n) is 6.23. The van der Waals surface area contributed by atoms with Gasteiger partial charge in [-0.2, -0.15) is 0 Å². The summed E-state index contributed by atoms with van der Waals surface area (Å²) in [4.78, 5) is 33.8. The fourth-order valence-electron chi connectivity index (χ4n) is 2.39. The molecule has 7 heteroatoms. The minimum absolute atomic E-state index is 0.0660. The average molecular weight is 376 g/mol. The lowest BCUT2D eigenvalue weighted by atomic mass is 10.1. The number of para-hydroxylation sites is 1. The van der Waals surface area contributed by atoms with Crippen molar-refractivity contribution in [2.45, 2.75) is 6.54 Å². The van der Waals surface area contributed by atoms with E-state index in [4.69, 9.17) is 4.74 Å². The fraction of sp³-hybridized carbons (Fsp3) is 0.143. The Bertz CT molecular complexity index is 940. The van der Waals surface area contributed by atoms with E-state index in [2.05, 4.69) is 15.3 Å². The number of rotatable bonds is 6. The highest BCUT2D eigenvalue weighted by Crippen LogP contribution is 2.17. The van der Waals surface area contributed by atoms with Gasteiger partial charge >= 0.3 is 0 Å². The lowest BCUT2D eigenvalue weighted by Gasteiger charge is -2.11. The monoisotopic (exact) mass is 376 g/mol. The molecule has 0 unspecified atom stereocenters. The fourth-order valence-corrected chi connectivity index (χ4v) is 2.39. The molecule has 0 saturated heterocycles. The summed E-state index contributed by atoms with van der Waals surface area (Å²) >= 11 is 0. The van der Waals surface area contributed by atoms with Crippen LogP contribution in [0.4, 0.5) is 0 Å². The van der Waals surface area contributed by atoms with Crippen LogP contribution in [0, 0.1) is 0 Å². The molecule has 0 bridgehead atoms. The molecule has 3 aromatic rings. The predicted octanol–water partition coefficient (Wildman–Crippen LogP) is 2.90. The summed E-state index contributed by atoms with van der Waals surface area (Å²) in [5.74, 6) is 0.546. The van der Waals surface area contributed by atoms with Crippen molar-refractivity contribution in [2.75, 3.05) is 14.1 Å². The highest BCUT2D eigenvalue weighted by Gasteiger charge is 2.10. The van der Waals surface area contributed by atoms with Gasteiger partial charge in [0.2, 0.25) is 5.88 Å². The Hall–Kier alpha value is -3.74. The van der Waals surface area contributed by atoms with Crippen LogP contribution < -0.4 is 10.1 Å². The van der Waals surface area contributed by atoms with E-state index in [1.54, 1.807) is 50.5 Å². The quantitative estimate of drug-likeness (QED) is 0.715. The van der Waals surface area contributed by atoms with Crippen LogP contribution in [0.3, 0.4) is 0 Å². The van der Waals surface area contributed by atoms with E-state index < -0.39 is 0 Å². The molecule has 0 spiro atoms. The van der Waals surface area contributed by atoms with Gasteiger partial charge in [-0.25, -0.2) is 9.97 Å². The molecule has 142 valence electrons. The van der Waals surface area contributed by atoms with Gasteiger partial charge in [-0.1, -0.05) is 30.3 Å². The van der Waals surface area contributed by atoms with Crippen LogP contribution in [0.25, 0.3) is 0 Å². The molecule has 0 radical (unpaired) electrons. The molecule has 0 aliphatic heterocycles. The Kier molecular flexibility index (Phi) is 5.96. The van der Waals surface area contributed by atoms with Gasteiger partial charge in [0, 0.05) is 26.2 Å². The second-order valence-corrected chi connectivity index (χ2v) is 6.23. The minimum Gasteiger partial charge on any atom is -0.438 e. The van der Waals surface area contributed by atoms with Gasteiger partial charge in [0.05, 0.1) is 12.4 Å². The van der Waals surface area contributed by atoms with Gasteiger partial charge in [-0.3, -0.25) is 9.59 Å². The molecule has 28 heavy (non-hydrogen) atoms. The molecule has 7 nitrogen and oxygen atoms in total. The van der Waals surface area contributed by atoms with Gasteiger partial charge in [0.25, 0.3) is 11.8 Å². The third kappa shape index (κ3) is 4.91. The maximum Gasteiger partial charge on any atom is 0.271 e. The number of hydrogen-bond donors (Lipinski definition) is 1. The lowest BCUT2D eigenvalue weighted by molar-refractivity contribution is 0.0827. The SMILES string of the molecule is CN(C)C(=O)c1ccc(CNC(=O)c2cnc(Oc3ccccc3)cn2)cc1. The van der Waals surface area contributed by atoms with Gasteiger partial charge in [0.1, 0.15) is 11.4 Å². The predicted molar refractivity (Wildman–Crippen MR) is 104 cm³/mol. The molecule has 0 aliphatic rings. The zero-order chi connectivity index (χ0) is 19.9. The van der Waals surface area contributed by atoms with Crippen molar-refractivity contribution in [3.8, 4) is 11.6 Å². The molecular weight excluding hydrogens is 356 g/mol. The molecule has 1 heterocycles. The van der Waals surface area contributed by atoms with E-state index in [9.17, 15) is 9.59 Å². The van der Waals surface area contributed by atoms with E-state index in [1.807, 2.05) is 18.2 Å². The summed E-state index contributed by atoms with van der Waals surface area (Å²) < 4.78 is 5.55. The third-order valence-electron chi connectivity index (χ3n) is 3.89. The number of nitrogens with zero attached hydrogens (tertiary/aromatic N) is 3. The Morgan fingerprint density at radius 3 is 2.29 bits per heavy atom. The van der Waals surface area contributed by atoms with Crippen LogP contribution >= 0.6 is 0 Å². The third-order valence-corrected chi connectivity index (χ3v) is 3.89. The van der Waals surface area contributed by atoms with Crippen LogP contribution in [-0.4, -0.2) is 40.8 Å². The summed E-state index contributed by atoms with van der Waals surface area (Å²) in [6.45, 7) is 0.319. The standard InChI is InChI=1S/C21H20N4O3/c1-25(2)21(27)16-10-8-15(9-11-16)12-24-20(26)18-13-23-19(14-22-18)28-17-6-4-3-5-7-17/h3-11,13-14H,12H2,1-2H3,(H,24,26). The van der Waals surface area contributed by atoms with Crippen molar-refractivity contribution >= 4 is 11.8 Å². The zero-order valence-electron chi connectivity index (χ0n) is 15.6. The number of hydrogen-bond acceptors (Lipinski definition) is 5. The summed E-state index contributed by atoms with van der Waals surface area (Å²) in [6, 6.07) is 16.3. The molecule has 0 saturated carbocycles.